The molecular formula is C26H46O5Si. The Hall–Kier alpha value is -1.56. The molecule has 1 unspecified atom stereocenters. The molecule has 0 spiro atoms. The van der Waals surface area contributed by atoms with Crippen LogP contribution in [0, 0.1) is 0 Å². The molecule has 32 heavy (non-hydrogen) atoms. The fraction of sp³-hybridized carbons (Fsp3) is 0.769. The number of rotatable bonds is 18. The second-order valence-corrected chi connectivity index (χ2v) is 14.2. The Kier molecular flexibility index (Phi) is 14.3. The summed E-state index contributed by atoms with van der Waals surface area (Å²) >= 11 is 0. The minimum Gasteiger partial charge on any atom is -0.474 e. The molecule has 0 aliphatic carbocycles. The fourth-order valence-electron chi connectivity index (χ4n) is 4.45. The van der Waals surface area contributed by atoms with Crippen LogP contribution in [0.3, 0.4) is 0 Å². The van der Waals surface area contributed by atoms with Crippen LogP contribution in [0.2, 0.25) is 18.1 Å². The molecular weight excluding hydrogens is 420 g/mol. The van der Waals surface area contributed by atoms with Gasteiger partial charge < -0.3 is 13.9 Å². The van der Waals surface area contributed by atoms with Crippen molar-refractivity contribution in [2.45, 2.75) is 123 Å². The monoisotopic (exact) mass is 466 g/mol. The summed E-state index contributed by atoms with van der Waals surface area (Å²) in [4.78, 5) is 22.4. The van der Waals surface area contributed by atoms with E-state index in [1.807, 2.05) is 6.26 Å². The number of unbranched alkanes of at least 4 members (excludes halogenated alkanes) is 8. The number of hydrogen-bond acceptors (Lipinski definition) is 5. The lowest BCUT2D eigenvalue weighted by molar-refractivity contribution is -0.147. The number of furan rings is 1. The molecule has 6 heteroatoms. The maximum absolute atomic E-state index is 11.7. The van der Waals surface area contributed by atoms with Gasteiger partial charge in [0.2, 0.25) is 0 Å². The van der Waals surface area contributed by atoms with Crippen LogP contribution < -0.4 is 5.38 Å². The van der Waals surface area contributed by atoms with Crippen molar-refractivity contribution in [3.63, 3.8) is 0 Å². The summed E-state index contributed by atoms with van der Waals surface area (Å²) in [6.45, 7) is 10.3. The van der Waals surface area contributed by atoms with E-state index in [1.165, 1.54) is 64.1 Å². The maximum atomic E-state index is 11.7. The Balaban J connectivity index is 2.34. The van der Waals surface area contributed by atoms with E-state index in [-0.39, 0.29) is 18.0 Å². The average Bonchev–Trinajstić information content (AvgIpc) is 3.25. The molecule has 0 bridgehead atoms. The zero-order chi connectivity index (χ0) is 23.8. The highest BCUT2D eigenvalue weighted by Crippen LogP contribution is 2.28. The molecule has 184 valence electrons. The number of ether oxygens (including phenoxy) is 2. The summed E-state index contributed by atoms with van der Waals surface area (Å²) in [6.07, 6.45) is 13.0. The molecule has 0 aromatic carbocycles. The van der Waals surface area contributed by atoms with Crippen LogP contribution in [0.25, 0.3) is 0 Å². The summed E-state index contributed by atoms with van der Waals surface area (Å²) in [5, 5.41) is 1.16. The zero-order valence-corrected chi connectivity index (χ0v) is 22.2. The SMILES string of the molecule is CC[Si](CC)(CC)c1cc(C(CCCCCCCCCCCOC(C)=O)OC(C)=O)co1. The van der Waals surface area contributed by atoms with Crippen LogP contribution in [0.15, 0.2) is 16.7 Å². The Morgan fingerprint density at radius 2 is 1.38 bits per heavy atom. The van der Waals surface area contributed by atoms with Gasteiger partial charge in [-0.05, 0) is 25.3 Å². The van der Waals surface area contributed by atoms with Gasteiger partial charge in [0.25, 0.3) is 0 Å². The fourth-order valence-corrected chi connectivity index (χ4v) is 7.78. The first-order valence-corrected chi connectivity index (χ1v) is 15.4. The predicted octanol–water partition coefficient (Wildman–Crippen LogP) is 7.06. The Labute approximate surface area is 196 Å². The summed E-state index contributed by atoms with van der Waals surface area (Å²) in [5.41, 5.74) is 1.02. The molecule has 0 fully saturated rings. The molecule has 5 nitrogen and oxygen atoms in total. The van der Waals surface area contributed by atoms with Crippen LogP contribution in [-0.4, -0.2) is 26.6 Å². The highest BCUT2D eigenvalue weighted by atomic mass is 28.3. The van der Waals surface area contributed by atoms with Gasteiger partial charge in [-0.2, -0.15) is 0 Å². The number of hydrogen-bond donors (Lipinski definition) is 0. The normalized spacial score (nSPS) is 12.5. The molecule has 1 heterocycles. The number of carbonyl (C=O) groups excluding carboxylic acids is 2. The Bertz CT molecular complexity index is 642. The van der Waals surface area contributed by atoms with Gasteiger partial charge in [-0.25, -0.2) is 0 Å². The third-order valence-electron chi connectivity index (χ3n) is 6.77. The minimum absolute atomic E-state index is 0.188. The number of carbonyl (C=O) groups is 2. The van der Waals surface area contributed by atoms with Crippen molar-refractivity contribution < 1.29 is 23.5 Å². The first kappa shape index (κ1) is 28.5. The van der Waals surface area contributed by atoms with E-state index < -0.39 is 8.07 Å². The lowest BCUT2D eigenvalue weighted by Crippen LogP contribution is -2.44. The molecule has 1 aromatic heterocycles. The summed E-state index contributed by atoms with van der Waals surface area (Å²) in [7, 11) is -1.56. The first-order chi connectivity index (χ1) is 15.4. The van der Waals surface area contributed by atoms with E-state index in [4.69, 9.17) is 13.9 Å². The second-order valence-electron chi connectivity index (χ2n) is 8.99. The van der Waals surface area contributed by atoms with E-state index in [2.05, 4.69) is 26.8 Å². The Morgan fingerprint density at radius 1 is 0.844 bits per heavy atom. The van der Waals surface area contributed by atoms with E-state index >= 15 is 0 Å². The third-order valence-corrected chi connectivity index (χ3v) is 12.1. The molecule has 0 aliphatic heterocycles. The van der Waals surface area contributed by atoms with Crippen LogP contribution in [-0.2, 0) is 19.1 Å². The summed E-state index contributed by atoms with van der Waals surface area (Å²) < 4.78 is 16.6. The van der Waals surface area contributed by atoms with Crippen LogP contribution in [0.4, 0.5) is 0 Å². The van der Waals surface area contributed by atoms with Gasteiger partial charge in [0.1, 0.15) is 14.2 Å². The van der Waals surface area contributed by atoms with Gasteiger partial charge in [-0.1, -0.05) is 83.8 Å². The van der Waals surface area contributed by atoms with Crippen molar-refractivity contribution in [3.8, 4) is 0 Å². The predicted molar refractivity (Wildman–Crippen MR) is 133 cm³/mol. The quantitative estimate of drug-likeness (QED) is 0.132. The maximum Gasteiger partial charge on any atom is 0.303 e. The lowest BCUT2D eigenvalue weighted by atomic mass is 10.0. The van der Waals surface area contributed by atoms with Gasteiger partial charge >= 0.3 is 11.9 Å². The Morgan fingerprint density at radius 3 is 1.88 bits per heavy atom. The van der Waals surface area contributed by atoms with E-state index in [1.54, 1.807) is 0 Å². The van der Waals surface area contributed by atoms with Crippen molar-refractivity contribution in [2.24, 2.45) is 0 Å². The highest BCUT2D eigenvalue weighted by molar-refractivity contribution is 6.90. The summed E-state index contributed by atoms with van der Waals surface area (Å²) in [5.74, 6) is -0.413. The topological polar surface area (TPSA) is 65.7 Å². The van der Waals surface area contributed by atoms with Crippen LogP contribution in [0.5, 0.6) is 0 Å². The molecule has 1 rings (SSSR count). The minimum atomic E-state index is -1.56. The van der Waals surface area contributed by atoms with Crippen molar-refractivity contribution in [1.82, 2.24) is 0 Å². The van der Waals surface area contributed by atoms with Gasteiger partial charge in [-0.3, -0.25) is 9.59 Å². The lowest BCUT2D eigenvalue weighted by Gasteiger charge is -2.24. The van der Waals surface area contributed by atoms with E-state index in [0.29, 0.717) is 6.61 Å². The zero-order valence-electron chi connectivity index (χ0n) is 21.2. The molecule has 1 atom stereocenters. The molecule has 0 aliphatic rings. The standard InChI is InChI=1S/C26H46O5Si/c1-6-32(7-2,8-3)26-20-24(21-30-26)25(31-23(5)28)18-16-14-12-10-9-11-13-15-17-19-29-22(4)27/h20-21,25H,6-19H2,1-5H3. The molecule has 0 N–H and O–H groups in total. The van der Waals surface area contributed by atoms with E-state index in [0.717, 1.165) is 43.1 Å². The first-order valence-electron chi connectivity index (χ1n) is 12.8. The molecule has 0 amide bonds. The van der Waals surface area contributed by atoms with Gasteiger partial charge in [0.15, 0.2) is 0 Å². The van der Waals surface area contributed by atoms with Gasteiger partial charge in [0, 0.05) is 19.4 Å². The average molecular weight is 467 g/mol. The van der Waals surface area contributed by atoms with Crippen LogP contribution >= 0.6 is 0 Å². The summed E-state index contributed by atoms with van der Waals surface area (Å²) in [6, 6.07) is 5.71. The third kappa shape index (κ3) is 10.4. The number of esters is 2. The van der Waals surface area contributed by atoms with Gasteiger partial charge in [-0.15, -0.1) is 0 Å². The second kappa shape index (κ2) is 16.1. The smallest absolute Gasteiger partial charge is 0.303 e. The molecule has 0 saturated carbocycles. The molecule has 0 saturated heterocycles. The van der Waals surface area contributed by atoms with E-state index in [9.17, 15) is 9.59 Å². The largest absolute Gasteiger partial charge is 0.474 e. The van der Waals surface area contributed by atoms with Crippen molar-refractivity contribution >= 4 is 25.4 Å². The highest BCUT2D eigenvalue weighted by Gasteiger charge is 2.33. The van der Waals surface area contributed by atoms with Crippen LogP contribution in [0.1, 0.15) is 110 Å². The van der Waals surface area contributed by atoms with Crippen molar-refractivity contribution in [1.29, 1.82) is 0 Å². The van der Waals surface area contributed by atoms with Gasteiger partial charge in [0.05, 0.1) is 18.3 Å². The molecule has 1 aromatic rings. The van der Waals surface area contributed by atoms with Crippen molar-refractivity contribution in [3.05, 3.63) is 17.9 Å². The molecule has 0 radical (unpaired) electrons. The van der Waals surface area contributed by atoms with Crippen molar-refractivity contribution in [2.75, 3.05) is 6.61 Å².